The second-order valence-corrected chi connectivity index (χ2v) is 5.61. The highest BCUT2D eigenvalue weighted by molar-refractivity contribution is 5.75. The predicted octanol–water partition coefficient (Wildman–Crippen LogP) is 3.94. The first-order valence-electron chi connectivity index (χ1n) is 6.93. The lowest BCUT2D eigenvalue weighted by atomic mass is 9.78. The summed E-state index contributed by atoms with van der Waals surface area (Å²) in [5.41, 5.74) is 2.86. The Morgan fingerprint density at radius 2 is 1.70 bits per heavy atom. The van der Waals surface area contributed by atoms with Crippen LogP contribution in [-0.2, 0) is 15.1 Å². The summed E-state index contributed by atoms with van der Waals surface area (Å²) < 4.78 is 5.69. The molecule has 0 amide bonds. The Balaban J connectivity index is 2.04. The van der Waals surface area contributed by atoms with E-state index in [4.69, 9.17) is 4.74 Å². The van der Waals surface area contributed by atoms with Gasteiger partial charge in [-0.25, -0.2) is 0 Å². The van der Waals surface area contributed by atoms with E-state index < -0.39 is 5.60 Å². The third-order valence-electron chi connectivity index (χ3n) is 4.19. The summed E-state index contributed by atoms with van der Waals surface area (Å²) in [6, 6.07) is 18.4. The standard InChI is InChI=1S/C18H18O2/c1-13-8-10-14(11-9-13)16-12-17(19)20-18(16,2)15-6-4-3-5-7-15/h3-11,16H,12H2,1-2H3/t16-,18-/m0/s1. The summed E-state index contributed by atoms with van der Waals surface area (Å²) in [7, 11) is 0. The smallest absolute Gasteiger partial charge is 0.307 e. The van der Waals surface area contributed by atoms with E-state index in [2.05, 4.69) is 31.2 Å². The summed E-state index contributed by atoms with van der Waals surface area (Å²) in [6.07, 6.45) is 0.439. The van der Waals surface area contributed by atoms with Crippen molar-refractivity contribution in [1.29, 1.82) is 0 Å². The molecule has 1 fully saturated rings. The maximum Gasteiger partial charge on any atom is 0.307 e. The highest BCUT2D eigenvalue weighted by atomic mass is 16.6. The van der Waals surface area contributed by atoms with Crippen molar-refractivity contribution < 1.29 is 9.53 Å². The molecule has 0 aliphatic carbocycles. The van der Waals surface area contributed by atoms with Crippen LogP contribution >= 0.6 is 0 Å². The summed E-state index contributed by atoms with van der Waals surface area (Å²) in [5, 5.41) is 0. The van der Waals surface area contributed by atoms with Crippen LogP contribution in [0.2, 0.25) is 0 Å². The minimum Gasteiger partial charge on any atom is -0.454 e. The van der Waals surface area contributed by atoms with Crippen LogP contribution in [0, 0.1) is 6.92 Å². The second kappa shape index (κ2) is 4.78. The first-order chi connectivity index (χ1) is 9.59. The monoisotopic (exact) mass is 266 g/mol. The summed E-state index contributed by atoms with van der Waals surface area (Å²) >= 11 is 0. The molecule has 2 aromatic rings. The molecule has 2 nitrogen and oxygen atoms in total. The van der Waals surface area contributed by atoms with Gasteiger partial charge in [-0.3, -0.25) is 4.79 Å². The average molecular weight is 266 g/mol. The third kappa shape index (κ3) is 2.11. The van der Waals surface area contributed by atoms with Crippen LogP contribution in [0.25, 0.3) is 0 Å². The molecule has 1 aliphatic heterocycles. The molecule has 0 bridgehead atoms. The van der Waals surface area contributed by atoms with E-state index in [0.717, 1.165) is 11.1 Å². The largest absolute Gasteiger partial charge is 0.454 e. The number of ether oxygens (including phenoxy) is 1. The van der Waals surface area contributed by atoms with Gasteiger partial charge in [-0.2, -0.15) is 0 Å². The second-order valence-electron chi connectivity index (χ2n) is 5.61. The van der Waals surface area contributed by atoms with E-state index in [1.165, 1.54) is 5.56 Å². The van der Waals surface area contributed by atoms with Crippen molar-refractivity contribution in [3.05, 3.63) is 71.3 Å². The van der Waals surface area contributed by atoms with Gasteiger partial charge in [0, 0.05) is 5.92 Å². The number of hydrogen-bond acceptors (Lipinski definition) is 2. The van der Waals surface area contributed by atoms with Crippen LogP contribution in [0.5, 0.6) is 0 Å². The van der Waals surface area contributed by atoms with Crippen LogP contribution in [0.3, 0.4) is 0 Å². The van der Waals surface area contributed by atoms with Gasteiger partial charge in [0.25, 0.3) is 0 Å². The number of cyclic esters (lactones) is 1. The molecule has 1 heterocycles. The molecule has 0 N–H and O–H groups in total. The van der Waals surface area contributed by atoms with E-state index in [1.807, 2.05) is 37.3 Å². The molecule has 0 unspecified atom stereocenters. The topological polar surface area (TPSA) is 26.3 Å². The zero-order valence-corrected chi connectivity index (χ0v) is 11.8. The van der Waals surface area contributed by atoms with Crippen molar-refractivity contribution in [1.82, 2.24) is 0 Å². The van der Waals surface area contributed by atoms with Crippen LogP contribution in [0.4, 0.5) is 0 Å². The minimum absolute atomic E-state index is 0.0676. The van der Waals surface area contributed by atoms with Crippen LogP contribution < -0.4 is 0 Å². The summed E-state index contributed by atoms with van der Waals surface area (Å²) in [6.45, 7) is 4.08. The lowest BCUT2D eigenvalue weighted by Gasteiger charge is -2.30. The van der Waals surface area contributed by atoms with Crippen molar-refractivity contribution in [2.75, 3.05) is 0 Å². The van der Waals surface area contributed by atoms with Crippen molar-refractivity contribution in [3.63, 3.8) is 0 Å². The van der Waals surface area contributed by atoms with Gasteiger partial charge in [0.2, 0.25) is 0 Å². The van der Waals surface area contributed by atoms with E-state index in [1.54, 1.807) is 0 Å². The predicted molar refractivity (Wildman–Crippen MR) is 78.4 cm³/mol. The minimum atomic E-state index is -0.576. The van der Waals surface area contributed by atoms with Crippen molar-refractivity contribution in [3.8, 4) is 0 Å². The molecule has 0 aromatic heterocycles. The van der Waals surface area contributed by atoms with E-state index in [0.29, 0.717) is 6.42 Å². The zero-order chi connectivity index (χ0) is 14.2. The summed E-state index contributed by atoms with van der Waals surface area (Å²) in [4.78, 5) is 11.9. The van der Waals surface area contributed by atoms with Crippen molar-refractivity contribution >= 4 is 5.97 Å². The molecule has 2 heteroatoms. The molecule has 0 saturated carbocycles. The average Bonchev–Trinajstić information content (AvgIpc) is 2.77. The van der Waals surface area contributed by atoms with Crippen LogP contribution in [0.15, 0.2) is 54.6 Å². The molecule has 20 heavy (non-hydrogen) atoms. The first-order valence-corrected chi connectivity index (χ1v) is 6.93. The number of benzene rings is 2. The Kier molecular flexibility index (Phi) is 3.09. The molecule has 3 rings (SSSR count). The van der Waals surface area contributed by atoms with Gasteiger partial charge >= 0.3 is 5.97 Å². The first kappa shape index (κ1) is 12.9. The van der Waals surface area contributed by atoms with Gasteiger partial charge in [0.1, 0.15) is 5.60 Å². The zero-order valence-electron chi connectivity index (χ0n) is 11.8. The number of carbonyl (C=O) groups is 1. The Hall–Kier alpha value is -2.09. The van der Waals surface area contributed by atoms with Gasteiger partial charge in [-0.15, -0.1) is 0 Å². The van der Waals surface area contributed by atoms with Crippen molar-refractivity contribution in [2.45, 2.75) is 31.8 Å². The number of aryl methyl sites for hydroxylation is 1. The fourth-order valence-corrected chi connectivity index (χ4v) is 2.97. The van der Waals surface area contributed by atoms with Gasteiger partial charge in [0.05, 0.1) is 6.42 Å². The number of esters is 1. The third-order valence-corrected chi connectivity index (χ3v) is 4.19. The SMILES string of the molecule is Cc1ccc([C@@H]2CC(=O)O[C@@]2(C)c2ccccc2)cc1. The molecule has 1 aliphatic rings. The Morgan fingerprint density at radius 3 is 2.35 bits per heavy atom. The molecule has 0 radical (unpaired) electrons. The maximum absolute atomic E-state index is 11.9. The van der Waals surface area contributed by atoms with E-state index in [9.17, 15) is 4.79 Å². The Bertz CT molecular complexity index is 616. The lowest BCUT2D eigenvalue weighted by molar-refractivity contribution is -0.148. The van der Waals surface area contributed by atoms with Crippen LogP contribution in [0.1, 0.15) is 36.0 Å². The molecule has 2 atom stereocenters. The number of hydrogen-bond donors (Lipinski definition) is 0. The number of rotatable bonds is 2. The highest BCUT2D eigenvalue weighted by Gasteiger charge is 2.47. The molecular formula is C18H18O2. The maximum atomic E-state index is 11.9. The fourth-order valence-electron chi connectivity index (χ4n) is 2.97. The highest BCUT2D eigenvalue weighted by Crippen LogP contribution is 2.47. The fraction of sp³-hybridized carbons (Fsp3) is 0.278. The normalized spacial score (nSPS) is 25.5. The molecule has 102 valence electrons. The van der Waals surface area contributed by atoms with Crippen LogP contribution in [-0.4, -0.2) is 5.97 Å². The Labute approximate surface area is 119 Å². The molecule has 1 saturated heterocycles. The van der Waals surface area contributed by atoms with Gasteiger partial charge in [-0.1, -0.05) is 60.2 Å². The molecule has 2 aromatic carbocycles. The summed E-state index contributed by atoms with van der Waals surface area (Å²) in [5.74, 6) is -0.0556. The van der Waals surface area contributed by atoms with E-state index in [-0.39, 0.29) is 11.9 Å². The van der Waals surface area contributed by atoms with E-state index >= 15 is 0 Å². The van der Waals surface area contributed by atoms with Crippen molar-refractivity contribution in [2.24, 2.45) is 0 Å². The Morgan fingerprint density at radius 1 is 1.05 bits per heavy atom. The molecule has 0 spiro atoms. The quantitative estimate of drug-likeness (QED) is 0.770. The number of carbonyl (C=O) groups excluding carboxylic acids is 1. The van der Waals surface area contributed by atoms with Gasteiger partial charge in [0.15, 0.2) is 0 Å². The van der Waals surface area contributed by atoms with Gasteiger partial charge in [-0.05, 0) is 25.0 Å². The van der Waals surface area contributed by atoms with Gasteiger partial charge < -0.3 is 4.74 Å². The lowest BCUT2D eigenvalue weighted by Crippen LogP contribution is -2.27. The molecular weight excluding hydrogens is 248 g/mol.